The molecule has 0 fully saturated rings. The van der Waals surface area contributed by atoms with E-state index in [0.29, 0.717) is 40.2 Å². The van der Waals surface area contributed by atoms with Crippen LogP contribution < -0.4 is 10.3 Å². The summed E-state index contributed by atoms with van der Waals surface area (Å²) in [6, 6.07) is 7.07. The van der Waals surface area contributed by atoms with Crippen molar-refractivity contribution in [2.24, 2.45) is 0 Å². The van der Waals surface area contributed by atoms with Crippen molar-refractivity contribution in [3.63, 3.8) is 0 Å². The van der Waals surface area contributed by atoms with Gasteiger partial charge >= 0.3 is 0 Å². The first-order chi connectivity index (χ1) is 15.6. The fourth-order valence-electron chi connectivity index (χ4n) is 3.29. The molecule has 4 rings (SSSR count). The third-order valence-electron chi connectivity index (χ3n) is 4.93. The molecule has 0 aliphatic carbocycles. The summed E-state index contributed by atoms with van der Waals surface area (Å²) in [5.41, 5.74) is 2.61. The monoisotopic (exact) mass is 465 g/mol. The maximum atomic E-state index is 13.1. The standard InChI is InChI=1S/C24H24ClN5O3/c1-14-10-20(33-13-16-12-32-15(2)28-16)21(25)22(31)30(14)17-6-8-26-19(11-17)18-7-9-27-23(29-18)24(3,4)5/h6-12H,13H2,1-5H3. The van der Waals surface area contributed by atoms with Gasteiger partial charge < -0.3 is 9.15 Å². The summed E-state index contributed by atoms with van der Waals surface area (Å²) < 4.78 is 12.4. The molecule has 0 aromatic carbocycles. The van der Waals surface area contributed by atoms with Crippen LogP contribution in [0, 0.1) is 13.8 Å². The van der Waals surface area contributed by atoms with Crippen LogP contribution in [0.25, 0.3) is 17.1 Å². The van der Waals surface area contributed by atoms with Gasteiger partial charge in [-0.05, 0) is 25.1 Å². The Labute approximate surface area is 196 Å². The average molecular weight is 466 g/mol. The molecule has 0 aliphatic rings. The number of hydrogen-bond acceptors (Lipinski definition) is 7. The molecule has 0 saturated carbocycles. The van der Waals surface area contributed by atoms with E-state index in [1.165, 1.54) is 10.8 Å². The van der Waals surface area contributed by atoms with Gasteiger partial charge in [-0.1, -0.05) is 32.4 Å². The van der Waals surface area contributed by atoms with Crippen molar-refractivity contribution in [1.82, 2.24) is 24.5 Å². The lowest BCUT2D eigenvalue weighted by Gasteiger charge is -2.17. The second-order valence-electron chi connectivity index (χ2n) is 8.67. The normalized spacial score (nSPS) is 11.6. The van der Waals surface area contributed by atoms with Crippen molar-refractivity contribution in [3.05, 3.63) is 81.4 Å². The Morgan fingerprint density at radius 1 is 1.06 bits per heavy atom. The molecule has 0 spiro atoms. The highest BCUT2D eigenvalue weighted by Gasteiger charge is 2.19. The van der Waals surface area contributed by atoms with E-state index in [4.69, 9.17) is 20.8 Å². The van der Waals surface area contributed by atoms with Crippen LogP contribution in [-0.2, 0) is 12.0 Å². The Balaban J connectivity index is 1.69. The summed E-state index contributed by atoms with van der Waals surface area (Å²) in [7, 11) is 0. The van der Waals surface area contributed by atoms with Gasteiger partial charge in [0.1, 0.15) is 35.2 Å². The Bertz CT molecular complexity index is 1370. The largest absolute Gasteiger partial charge is 0.485 e. The lowest BCUT2D eigenvalue weighted by molar-refractivity contribution is 0.300. The summed E-state index contributed by atoms with van der Waals surface area (Å²) in [5.74, 6) is 1.54. The van der Waals surface area contributed by atoms with E-state index < -0.39 is 5.56 Å². The Hall–Kier alpha value is -3.52. The van der Waals surface area contributed by atoms with E-state index in [-0.39, 0.29) is 22.8 Å². The van der Waals surface area contributed by atoms with E-state index in [2.05, 4.69) is 19.9 Å². The smallest absolute Gasteiger partial charge is 0.277 e. The molecule has 0 unspecified atom stereocenters. The van der Waals surface area contributed by atoms with Gasteiger partial charge in [0.25, 0.3) is 5.56 Å². The summed E-state index contributed by atoms with van der Waals surface area (Å²) in [6.07, 6.45) is 4.86. The van der Waals surface area contributed by atoms with E-state index in [9.17, 15) is 4.79 Å². The Morgan fingerprint density at radius 3 is 2.52 bits per heavy atom. The first-order valence-electron chi connectivity index (χ1n) is 10.4. The average Bonchev–Trinajstić information content (AvgIpc) is 3.20. The number of pyridine rings is 2. The van der Waals surface area contributed by atoms with E-state index >= 15 is 0 Å². The van der Waals surface area contributed by atoms with Crippen molar-refractivity contribution in [1.29, 1.82) is 0 Å². The summed E-state index contributed by atoms with van der Waals surface area (Å²) >= 11 is 6.38. The molecular formula is C24H24ClN5O3. The highest BCUT2D eigenvalue weighted by Crippen LogP contribution is 2.26. The Morgan fingerprint density at radius 2 is 1.82 bits per heavy atom. The summed E-state index contributed by atoms with van der Waals surface area (Å²) in [6.45, 7) is 9.85. The molecule has 8 nitrogen and oxygen atoms in total. The number of aromatic nitrogens is 5. The van der Waals surface area contributed by atoms with Gasteiger partial charge in [0.05, 0.1) is 17.1 Å². The summed E-state index contributed by atoms with van der Waals surface area (Å²) in [4.78, 5) is 30.8. The van der Waals surface area contributed by atoms with Gasteiger partial charge in [-0.3, -0.25) is 14.3 Å². The van der Waals surface area contributed by atoms with Gasteiger partial charge in [0.15, 0.2) is 5.89 Å². The predicted molar refractivity (Wildman–Crippen MR) is 125 cm³/mol. The molecule has 4 heterocycles. The zero-order valence-electron chi connectivity index (χ0n) is 19.1. The first kappa shape index (κ1) is 22.7. The van der Waals surface area contributed by atoms with Crippen LogP contribution in [0.4, 0.5) is 0 Å². The van der Waals surface area contributed by atoms with Crippen LogP contribution >= 0.6 is 11.6 Å². The maximum Gasteiger partial charge on any atom is 0.277 e. The minimum Gasteiger partial charge on any atom is -0.485 e. The van der Waals surface area contributed by atoms with Crippen LogP contribution in [0.15, 0.2) is 52.1 Å². The zero-order valence-corrected chi connectivity index (χ0v) is 19.8. The molecule has 33 heavy (non-hydrogen) atoms. The molecule has 0 aliphatic heterocycles. The van der Waals surface area contributed by atoms with E-state index in [1.807, 2.05) is 27.7 Å². The highest BCUT2D eigenvalue weighted by molar-refractivity contribution is 6.31. The molecule has 0 atom stereocenters. The van der Waals surface area contributed by atoms with Crippen LogP contribution in [0.1, 0.15) is 43.9 Å². The fourth-order valence-corrected chi connectivity index (χ4v) is 3.49. The van der Waals surface area contributed by atoms with Crippen LogP contribution in [0.2, 0.25) is 5.02 Å². The van der Waals surface area contributed by atoms with Gasteiger partial charge in [0.2, 0.25) is 0 Å². The third kappa shape index (κ3) is 4.80. The topological polar surface area (TPSA) is 95.9 Å². The maximum absolute atomic E-state index is 13.1. The quantitative estimate of drug-likeness (QED) is 0.416. The summed E-state index contributed by atoms with van der Waals surface area (Å²) in [5, 5.41) is -0.0174. The molecule has 0 radical (unpaired) electrons. The number of halogens is 1. The van der Waals surface area contributed by atoms with Gasteiger partial charge in [-0.2, -0.15) is 0 Å². The van der Waals surface area contributed by atoms with Crippen molar-refractivity contribution in [2.45, 2.75) is 46.6 Å². The number of hydrogen-bond donors (Lipinski definition) is 0. The van der Waals surface area contributed by atoms with Crippen molar-refractivity contribution in [2.75, 3.05) is 0 Å². The van der Waals surface area contributed by atoms with Gasteiger partial charge in [0, 0.05) is 36.5 Å². The van der Waals surface area contributed by atoms with Gasteiger partial charge in [-0.25, -0.2) is 15.0 Å². The molecule has 0 amide bonds. The number of ether oxygens (including phenoxy) is 1. The molecule has 170 valence electrons. The molecule has 0 saturated heterocycles. The lowest BCUT2D eigenvalue weighted by atomic mass is 9.95. The van der Waals surface area contributed by atoms with Crippen LogP contribution in [-0.4, -0.2) is 24.5 Å². The van der Waals surface area contributed by atoms with Crippen LogP contribution in [0.5, 0.6) is 5.75 Å². The number of nitrogens with zero attached hydrogens (tertiary/aromatic N) is 5. The number of oxazole rings is 1. The molecule has 0 N–H and O–H groups in total. The molecule has 4 aromatic rings. The second-order valence-corrected chi connectivity index (χ2v) is 9.04. The van der Waals surface area contributed by atoms with E-state index in [0.717, 1.165) is 0 Å². The molecule has 0 bridgehead atoms. The molecule has 9 heteroatoms. The fraction of sp³-hybridized carbons (Fsp3) is 0.292. The van der Waals surface area contributed by atoms with Crippen molar-refractivity contribution in [3.8, 4) is 22.8 Å². The number of rotatable bonds is 5. The predicted octanol–water partition coefficient (Wildman–Crippen LogP) is 4.82. The van der Waals surface area contributed by atoms with Gasteiger partial charge in [-0.15, -0.1) is 0 Å². The first-order valence-corrected chi connectivity index (χ1v) is 10.8. The highest BCUT2D eigenvalue weighted by atomic mass is 35.5. The van der Waals surface area contributed by atoms with E-state index in [1.54, 1.807) is 43.6 Å². The number of aryl methyl sites for hydroxylation is 2. The van der Waals surface area contributed by atoms with Crippen LogP contribution in [0.3, 0.4) is 0 Å². The SMILES string of the molecule is Cc1nc(COc2cc(C)n(-c3ccnc(-c4ccnc(C(C)(C)C)n4)c3)c(=O)c2Cl)co1. The Kier molecular flexibility index (Phi) is 6.03. The minimum atomic E-state index is -0.391. The third-order valence-corrected chi connectivity index (χ3v) is 5.28. The van der Waals surface area contributed by atoms with Crippen molar-refractivity contribution < 1.29 is 9.15 Å². The van der Waals surface area contributed by atoms with Crippen molar-refractivity contribution >= 4 is 11.6 Å². The second kappa shape index (κ2) is 8.78. The molecular weight excluding hydrogens is 442 g/mol. The minimum absolute atomic E-state index is 0.0174. The lowest BCUT2D eigenvalue weighted by Crippen LogP contribution is -2.22. The molecule has 4 aromatic heterocycles. The zero-order chi connectivity index (χ0) is 23.8.